The third-order valence-corrected chi connectivity index (χ3v) is 4.11. The molecule has 19 heavy (non-hydrogen) atoms. The lowest BCUT2D eigenvalue weighted by molar-refractivity contribution is 0.117. The number of nitrogens with zero attached hydrogens (tertiary/aromatic N) is 1. The molecule has 0 saturated carbocycles. The predicted molar refractivity (Wildman–Crippen MR) is 74.6 cm³/mol. The Morgan fingerprint density at radius 3 is 3.11 bits per heavy atom. The number of amides is 1. The summed E-state index contributed by atoms with van der Waals surface area (Å²) in [7, 11) is 0. The minimum Gasteiger partial charge on any atom is -0.444 e. The van der Waals surface area contributed by atoms with Crippen molar-refractivity contribution in [3.63, 3.8) is 0 Å². The lowest BCUT2D eigenvalue weighted by Gasteiger charge is -2.30. The highest BCUT2D eigenvalue weighted by molar-refractivity contribution is 5.92. The van der Waals surface area contributed by atoms with Gasteiger partial charge in [0.05, 0.1) is 11.7 Å². The van der Waals surface area contributed by atoms with Crippen molar-refractivity contribution in [2.45, 2.75) is 38.8 Å². The number of piperidine rings is 1. The first kappa shape index (κ1) is 12.5. The second-order valence-electron chi connectivity index (χ2n) is 5.29. The minimum absolute atomic E-state index is 0.0399. The summed E-state index contributed by atoms with van der Waals surface area (Å²) in [5, 5.41) is 3.36. The third kappa shape index (κ3) is 2.00. The van der Waals surface area contributed by atoms with Crippen molar-refractivity contribution < 1.29 is 9.53 Å². The molecule has 0 aliphatic carbocycles. The Labute approximate surface area is 113 Å². The van der Waals surface area contributed by atoms with Gasteiger partial charge >= 0.3 is 6.09 Å². The monoisotopic (exact) mass is 260 g/mol. The zero-order valence-electron chi connectivity index (χ0n) is 11.5. The number of aryl methyl sites for hydroxylation is 2. The number of rotatable bonds is 2. The van der Waals surface area contributed by atoms with E-state index in [-0.39, 0.29) is 18.2 Å². The van der Waals surface area contributed by atoms with Gasteiger partial charge in [0.2, 0.25) is 0 Å². The predicted octanol–water partition coefficient (Wildman–Crippen LogP) is 2.24. The lowest BCUT2D eigenvalue weighted by atomic mass is 9.99. The van der Waals surface area contributed by atoms with E-state index in [1.807, 2.05) is 4.90 Å². The first-order chi connectivity index (χ1) is 9.22. The van der Waals surface area contributed by atoms with E-state index in [0.29, 0.717) is 0 Å². The van der Waals surface area contributed by atoms with E-state index in [1.54, 1.807) is 0 Å². The molecular formula is C15H20N2O2. The number of ether oxygens (including phenoxy) is 1. The third-order valence-electron chi connectivity index (χ3n) is 4.11. The molecule has 2 aliphatic heterocycles. The van der Waals surface area contributed by atoms with Crippen molar-refractivity contribution >= 4 is 11.8 Å². The molecule has 1 N–H and O–H groups in total. The number of hydrogen-bond donors (Lipinski definition) is 1. The molecule has 2 atom stereocenters. The van der Waals surface area contributed by atoms with Gasteiger partial charge in [0.15, 0.2) is 0 Å². The van der Waals surface area contributed by atoms with Gasteiger partial charge in [-0.3, -0.25) is 4.90 Å². The van der Waals surface area contributed by atoms with E-state index in [4.69, 9.17) is 4.74 Å². The summed E-state index contributed by atoms with van der Waals surface area (Å²) in [6.07, 6.45) is 1.67. The van der Waals surface area contributed by atoms with Gasteiger partial charge < -0.3 is 10.1 Å². The van der Waals surface area contributed by atoms with Crippen LogP contribution in [0.1, 0.15) is 24.5 Å². The molecule has 4 heteroatoms. The zero-order chi connectivity index (χ0) is 13.4. The van der Waals surface area contributed by atoms with Crippen LogP contribution >= 0.6 is 0 Å². The average Bonchev–Trinajstić information content (AvgIpc) is 2.74. The van der Waals surface area contributed by atoms with Gasteiger partial charge in [-0.1, -0.05) is 25.1 Å². The van der Waals surface area contributed by atoms with Gasteiger partial charge in [-0.25, -0.2) is 4.79 Å². The molecule has 2 saturated heterocycles. The molecule has 1 aromatic carbocycles. The average molecular weight is 260 g/mol. The molecule has 0 bridgehead atoms. The number of anilines is 1. The normalized spacial score (nSPS) is 26.2. The second kappa shape index (κ2) is 4.85. The fourth-order valence-electron chi connectivity index (χ4n) is 3.14. The Morgan fingerprint density at radius 1 is 1.47 bits per heavy atom. The Kier molecular flexibility index (Phi) is 3.19. The maximum atomic E-state index is 12.2. The van der Waals surface area contributed by atoms with E-state index in [2.05, 4.69) is 37.4 Å². The molecular weight excluding hydrogens is 240 g/mol. The van der Waals surface area contributed by atoms with Crippen LogP contribution in [0.15, 0.2) is 18.2 Å². The standard InChI is InChI=1S/C15H20N2O2/c1-3-11-6-4-5-10(2)14(11)17-12-9-16-8-7-13(12)19-15(17)18/h4-6,12-13,16H,3,7-9H2,1-2H3. The molecule has 3 rings (SSSR count). The van der Waals surface area contributed by atoms with Crippen LogP contribution in [0.2, 0.25) is 0 Å². The van der Waals surface area contributed by atoms with Crippen LogP contribution in [0.25, 0.3) is 0 Å². The van der Waals surface area contributed by atoms with E-state index in [1.165, 1.54) is 5.56 Å². The molecule has 1 aromatic rings. The molecule has 0 spiro atoms. The Morgan fingerprint density at radius 2 is 2.32 bits per heavy atom. The van der Waals surface area contributed by atoms with E-state index < -0.39 is 0 Å². The maximum absolute atomic E-state index is 12.2. The lowest BCUT2D eigenvalue weighted by Crippen LogP contribution is -2.49. The largest absolute Gasteiger partial charge is 0.444 e. The van der Waals surface area contributed by atoms with Crippen LogP contribution in [0.3, 0.4) is 0 Å². The van der Waals surface area contributed by atoms with Gasteiger partial charge in [-0.05, 0) is 37.4 Å². The van der Waals surface area contributed by atoms with E-state index in [0.717, 1.165) is 37.2 Å². The number of carbonyl (C=O) groups is 1. The quantitative estimate of drug-likeness (QED) is 0.886. The molecule has 4 nitrogen and oxygen atoms in total. The number of carbonyl (C=O) groups excluding carboxylic acids is 1. The molecule has 2 fully saturated rings. The maximum Gasteiger partial charge on any atom is 0.415 e. The molecule has 2 aliphatic rings. The van der Waals surface area contributed by atoms with Gasteiger partial charge in [0.1, 0.15) is 6.10 Å². The van der Waals surface area contributed by atoms with Crippen molar-refractivity contribution in [3.05, 3.63) is 29.3 Å². The summed E-state index contributed by atoms with van der Waals surface area (Å²) in [6.45, 7) is 5.92. The highest BCUT2D eigenvalue weighted by Crippen LogP contribution is 2.34. The molecule has 1 amide bonds. The van der Waals surface area contributed by atoms with Gasteiger partial charge in [-0.2, -0.15) is 0 Å². The minimum atomic E-state index is -0.192. The van der Waals surface area contributed by atoms with Gasteiger partial charge in [0, 0.05) is 6.54 Å². The highest BCUT2D eigenvalue weighted by atomic mass is 16.6. The van der Waals surface area contributed by atoms with Crippen molar-refractivity contribution in [3.8, 4) is 0 Å². The molecule has 2 heterocycles. The second-order valence-corrected chi connectivity index (χ2v) is 5.29. The summed E-state index contributed by atoms with van der Waals surface area (Å²) in [5.74, 6) is 0. The highest BCUT2D eigenvalue weighted by Gasteiger charge is 2.44. The molecule has 102 valence electrons. The van der Waals surface area contributed by atoms with Crippen LogP contribution in [-0.4, -0.2) is 31.3 Å². The van der Waals surface area contributed by atoms with Crippen LogP contribution in [0.4, 0.5) is 10.5 Å². The number of fused-ring (bicyclic) bond motifs is 1. The van der Waals surface area contributed by atoms with Crippen LogP contribution < -0.4 is 10.2 Å². The van der Waals surface area contributed by atoms with E-state index in [9.17, 15) is 4.79 Å². The van der Waals surface area contributed by atoms with Gasteiger partial charge in [-0.15, -0.1) is 0 Å². The van der Waals surface area contributed by atoms with Crippen molar-refractivity contribution in [1.29, 1.82) is 0 Å². The zero-order valence-corrected chi connectivity index (χ0v) is 11.5. The summed E-state index contributed by atoms with van der Waals surface area (Å²) in [4.78, 5) is 14.1. The number of hydrogen-bond acceptors (Lipinski definition) is 3. The van der Waals surface area contributed by atoms with Crippen LogP contribution in [0.5, 0.6) is 0 Å². The number of benzene rings is 1. The molecule has 2 unspecified atom stereocenters. The van der Waals surface area contributed by atoms with E-state index >= 15 is 0 Å². The summed E-state index contributed by atoms with van der Waals surface area (Å²) in [6, 6.07) is 6.34. The summed E-state index contributed by atoms with van der Waals surface area (Å²) in [5.41, 5.74) is 3.40. The van der Waals surface area contributed by atoms with Crippen LogP contribution in [0, 0.1) is 6.92 Å². The van der Waals surface area contributed by atoms with Crippen molar-refractivity contribution in [2.75, 3.05) is 18.0 Å². The Balaban J connectivity index is 2.03. The number of para-hydroxylation sites is 1. The van der Waals surface area contributed by atoms with Crippen molar-refractivity contribution in [2.24, 2.45) is 0 Å². The smallest absolute Gasteiger partial charge is 0.415 e. The number of nitrogens with one attached hydrogen (secondary N) is 1. The molecule has 0 radical (unpaired) electrons. The first-order valence-corrected chi connectivity index (χ1v) is 7.01. The van der Waals surface area contributed by atoms with Crippen molar-refractivity contribution in [1.82, 2.24) is 5.32 Å². The van der Waals surface area contributed by atoms with Gasteiger partial charge in [0.25, 0.3) is 0 Å². The fourth-order valence-corrected chi connectivity index (χ4v) is 3.14. The summed E-state index contributed by atoms with van der Waals surface area (Å²) < 4.78 is 5.53. The van der Waals surface area contributed by atoms with Crippen LogP contribution in [-0.2, 0) is 11.2 Å². The first-order valence-electron chi connectivity index (χ1n) is 7.01. The Bertz CT molecular complexity index is 501. The topological polar surface area (TPSA) is 41.6 Å². The molecule has 0 aromatic heterocycles. The Hall–Kier alpha value is -1.55. The fraction of sp³-hybridized carbons (Fsp3) is 0.533. The summed E-state index contributed by atoms with van der Waals surface area (Å²) >= 11 is 0. The SMILES string of the molecule is CCc1cccc(C)c1N1C(=O)OC2CCNCC21.